The molecule has 0 fully saturated rings. The van der Waals surface area contributed by atoms with Crippen LogP contribution in [0, 0.1) is 0 Å². The number of carbonyl (C=O) groups excluding carboxylic acids is 1. The molecule has 0 aliphatic carbocycles. The Labute approximate surface area is 76.6 Å². The first-order valence-electron chi connectivity index (χ1n) is 4.03. The summed E-state index contributed by atoms with van der Waals surface area (Å²) < 4.78 is 0. The SMILES string of the molecule is CCNOC(=O)c1ccc(N)cc1. The standard InChI is InChI=1S/C9H12N2O2/c1-2-11-13-9(12)7-3-5-8(10)6-4-7/h3-6,11H,2,10H2,1H3. The minimum Gasteiger partial charge on any atom is -0.399 e. The molecule has 0 bridgehead atoms. The van der Waals surface area contributed by atoms with Crippen LogP contribution in [0.15, 0.2) is 24.3 Å². The number of anilines is 1. The van der Waals surface area contributed by atoms with E-state index in [9.17, 15) is 4.79 Å². The molecular weight excluding hydrogens is 168 g/mol. The van der Waals surface area contributed by atoms with E-state index in [1.54, 1.807) is 24.3 Å². The number of nitrogen functional groups attached to an aromatic ring is 1. The van der Waals surface area contributed by atoms with E-state index in [0.29, 0.717) is 17.8 Å². The Bertz CT molecular complexity index is 282. The molecule has 0 spiro atoms. The number of carbonyl (C=O) groups is 1. The third-order valence-electron chi connectivity index (χ3n) is 1.46. The summed E-state index contributed by atoms with van der Waals surface area (Å²) in [6.07, 6.45) is 0. The number of rotatable bonds is 3. The molecule has 0 aliphatic rings. The van der Waals surface area contributed by atoms with Gasteiger partial charge in [0, 0.05) is 12.2 Å². The Morgan fingerprint density at radius 3 is 2.62 bits per heavy atom. The monoisotopic (exact) mass is 180 g/mol. The fourth-order valence-corrected chi connectivity index (χ4v) is 0.816. The Kier molecular flexibility index (Phi) is 3.28. The molecule has 0 heterocycles. The molecule has 0 saturated carbocycles. The van der Waals surface area contributed by atoms with Crippen molar-refractivity contribution in [3.05, 3.63) is 29.8 Å². The normalized spacial score (nSPS) is 9.62. The number of hydroxylamine groups is 1. The van der Waals surface area contributed by atoms with Gasteiger partial charge in [-0.25, -0.2) is 4.79 Å². The van der Waals surface area contributed by atoms with E-state index in [1.165, 1.54) is 0 Å². The fourth-order valence-electron chi connectivity index (χ4n) is 0.816. The number of nitrogens with one attached hydrogen (secondary N) is 1. The predicted molar refractivity (Wildman–Crippen MR) is 49.9 cm³/mol. The molecule has 0 radical (unpaired) electrons. The molecule has 4 heteroatoms. The first kappa shape index (κ1) is 9.54. The van der Waals surface area contributed by atoms with E-state index in [-0.39, 0.29) is 0 Å². The Morgan fingerprint density at radius 2 is 2.08 bits per heavy atom. The van der Waals surface area contributed by atoms with Gasteiger partial charge in [0.1, 0.15) is 0 Å². The van der Waals surface area contributed by atoms with Crippen LogP contribution in [0.2, 0.25) is 0 Å². The maximum atomic E-state index is 11.2. The van der Waals surface area contributed by atoms with E-state index < -0.39 is 5.97 Å². The summed E-state index contributed by atoms with van der Waals surface area (Å²) in [5, 5.41) is 0. The molecule has 1 aromatic rings. The Balaban J connectivity index is 2.61. The van der Waals surface area contributed by atoms with Crippen LogP contribution < -0.4 is 11.2 Å². The number of hydrogen-bond donors (Lipinski definition) is 2. The maximum absolute atomic E-state index is 11.2. The largest absolute Gasteiger partial charge is 0.399 e. The third-order valence-corrected chi connectivity index (χ3v) is 1.46. The molecule has 0 aliphatic heterocycles. The molecule has 0 aromatic heterocycles. The zero-order valence-electron chi connectivity index (χ0n) is 7.41. The smallest absolute Gasteiger partial charge is 0.356 e. The zero-order valence-corrected chi connectivity index (χ0v) is 7.41. The van der Waals surface area contributed by atoms with Crippen molar-refractivity contribution in [1.82, 2.24) is 5.48 Å². The summed E-state index contributed by atoms with van der Waals surface area (Å²) in [5.74, 6) is -0.401. The van der Waals surface area contributed by atoms with E-state index in [2.05, 4.69) is 10.3 Å². The van der Waals surface area contributed by atoms with E-state index in [4.69, 9.17) is 5.73 Å². The lowest BCUT2D eigenvalue weighted by atomic mass is 10.2. The second-order valence-electron chi connectivity index (χ2n) is 2.51. The molecule has 0 unspecified atom stereocenters. The highest BCUT2D eigenvalue weighted by Gasteiger charge is 2.05. The van der Waals surface area contributed by atoms with Gasteiger partial charge in [0.2, 0.25) is 0 Å². The second kappa shape index (κ2) is 4.47. The van der Waals surface area contributed by atoms with Gasteiger partial charge in [-0.3, -0.25) is 0 Å². The summed E-state index contributed by atoms with van der Waals surface area (Å²) in [6.45, 7) is 2.43. The average molecular weight is 180 g/mol. The van der Waals surface area contributed by atoms with Crippen molar-refractivity contribution in [2.24, 2.45) is 0 Å². The van der Waals surface area contributed by atoms with E-state index in [1.807, 2.05) is 6.92 Å². The number of hydrogen-bond acceptors (Lipinski definition) is 4. The molecule has 0 atom stereocenters. The van der Waals surface area contributed by atoms with Crippen molar-refractivity contribution in [3.8, 4) is 0 Å². The van der Waals surface area contributed by atoms with Crippen LogP contribution in [-0.2, 0) is 4.84 Å². The Morgan fingerprint density at radius 1 is 1.46 bits per heavy atom. The molecule has 1 rings (SSSR count). The number of benzene rings is 1. The van der Waals surface area contributed by atoms with E-state index in [0.717, 1.165) is 0 Å². The summed E-state index contributed by atoms with van der Waals surface area (Å²) in [5.41, 5.74) is 9.05. The fraction of sp³-hybridized carbons (Fsp3) is 0.222. The van der Waals surface area contributed by atoms with Gasteiger partial charge in [-0.15, -0.1) is 0 Å². The van der Waals surface area contributed by atoms with Crippen molar-refractivity contribution < 1.29 is 9.63 Å². The topological polar surface area (TPSA) is 64.3 Å². The quantitative estimate of drug-likeness (QED) is 0.537. The summed E-state index contributed by atoms with van der Waals surface area (Å²) in [6, 6.07) is 6.55. The molecule has 3 N–H and O–H groups in total. The van der Waals surface area contributed by atoms with Crippen LogP contribution in [0.3, 0.4) is 0 Å². The van der Waals surface area contributed by atoms with Crippen LogP contribution in [0.1, 0.15) is 17.3 Å². The van der Waals surface area contributed by atoms with Crippen molar-refractivity contribution >= 4 is 11.7 Å². The lowest BCUT2D eigenvalue weighted by molar-refractivity contribution is 0.0266. The van der Waals surface area contributed by atoms with Gasteiger partial charge in [-0.2, -0.15) is 5.48 Å². The summed E-state index contributed by atoms with van der Waals surface area (Å²) >= 11 is 0. The van der Waals surface area contributed by atoms with Gasteiger partial charge < -0.3 is 10.6 Å². The Hall–Kier alpha value is -1.55. The van der Waals surface area contributed by atoms with Gasteiger partial charge in [-0.05, 0) is 31.2 Å². The van der Waals surface area contributed by atoms with Crippen LogP contribution in [0.25, 0.3) is 0 Å². The average Bonchev–Trinajstić information content (AvgIpc) is 2.15. The van der Waals surface area contributed by atoms with Crippen LogP contribution in [0.4, 0.5) is 5.69 Å². The van der Waals surface area contributed by atoms with Gasteiger partial charge in [0.25, 0.3) is 0 Å². The molecule has 1 aromatic carbocycles. The first-order chi connectivity index (χ1) is 6.24. The second-order valence-corrected chi connectivity index (χ2v) is 2.51. The van der Waals surface area contributed by atoms with Gasteiger partial charge >= 0.3 is 5.97 Å². The molecule has 13 heavy (non-hydrogen) atoms. The maximum Gasteiger partial charge on any atom is 0.356 e. The van der Waals surface area contributed by atoms with E-state index >= 15 is 0 Å². The van der Waals surface area contributed by atoms with Gasteiger partial charge in [0.15, 0.2) is 0 Å². The minimum absolute atomic E-state index is 0.401. The molecule has 4 nitrogen and oxygen atoms in total. The first-order valence-corrected chi connectivity index (χ1v) is 4.03. The molecule has 0 saturated heterocycles. The highest BCUT2D eigenvalue weighted by atomic mass is 16.7. The lowest BCUT2D eigenvalue weighted by Gasteiger charge is -2.02. The van der Waals surface area contributed by atoms with Gasteiger partial charge in [0.05, 0.1) is 5.56 Å². The molecule has 0 amide bonds. The zero-order chi connectivity index (χ0) is 9.68. The highest BCUT2D eigenvalue weighted by molar-refractivity contribution is 5.89. The molecular formula is C9H12N2O2. The number of nitrogens with two attached hydrogens (primary N) is 1. The van der Waals surface area contributed by atoms with Crippen LogP contribution in [-0.4, -0.2) is 12.5 Å². The minimum atomic E-state index is -0.401. The molecule has 70 valence electrons. The van der Waals surface area contributed by atoms with Crippen LogP contribution >= 0.6 is 0 Å². The third kappa shape index (κ3) is 2.76. The predicted octanol–water partition coefficient (Wildman–Crippen LogP) is 0.950. The highest BCUT2D eigenvalue weighted by Crippen LogP contribution is 2.05. The lowest BCUT2D eigenvalue weighted by Crippen LogP contribution is -2.19. The summed E-state index contributed by atoms with van der Waals surface area (Å²) in [7, 11) is 0. The van der Waals surface area contributed by atoms with Gasteiger partial charge in [-0.1, -0.05) is 0 Å². The van der Waals surface area contributed by atoms with Crippen molar-refractivity contribution in [3.63, 3.8) is 0 Å². The van der Waals surface area contributed by atoms with Crippen molar-refractivity contribution in [1.29, 1.82) is 0 Å². The van der Waals surface area contributed by atoms with Crippen LogP contribution in [0.5, 0.6) is 0 Å². The van der Waals surface area contributed by atoms with Crippen molar-refractivity contribution in [2.75, 3.05) is 12.3 Å². The summed E-state index contributed by atoms with van der Waals surface area (Å²) in [4.78, 5) is 15.9. The van der Waals surface area contributed by atoms with Crippen molar-refractivity contribution in [2.45, 2.75) is 6.92 Å².